The minimum atomic E-state index is -4.52. The summed E-state index contributed by atoms with van der Waals surface area (Å²) in [5.74, 6) is -2.27. The second kappa shape index (κ2) is 6.17. The summed E-state index contributed by atoms with van der Waals surface area (Å²) in [6, 6.07) is 0. The number of rotatable bonds is 5. The fraction of sp³-hybridized carbons (Fsp3) is 0.688. The van der Waals surface area contributed by atoms with Gasteiger partial charge in [-0.3, -0.25) is 0 Å². The molecule has 2 nitrogen and oxygen atoms in total. The van der Waals surface area contributed by atoms with E-state index in [4.69, 9.17) is 0 Å². The lowest BCUT2D eigenvalue weighted by Gasteiger charge is -2.40. The molecule has 0 aromatic heterocycles. The normalized spacial score (nSPS) is 21.4. The van der Waals surface area contributed by atoms with Crippen LogP contribution in [0.3, 0.4) is 0 Å². The van der Waals surface area contributed by atoms with Crippen molar-refractivity contribution in [3.63, 3.8) is 0 Å². The van der Waals surface area contributed by atoms with Gasteiger partial charge in [-0.1, -0.05) is 69.4 Å². The molecule has 6 heteroatoms. The maximum absolute atomic E-state index is 13.3. The molecule has 0 aliphatic heterocycles. The minimum Gasteiger partial charge on any atom is -0.478 e. The number of hydrogen-bond donors (Lipinski definition) is 1. The topological polar surface area (TPSA) is 37.3 Å². The lowest BCUT2D eigenvalue weighted by molar-refractivity contribution is -0.134. The Kier molecular flexibility index (Phi) is 5.47. The van der Waals surface area contributed by atoms with Crippen molar-refractivity contribution < 1.29 is 23.1 Å². The molecule has 1 rings (SSSR count). The van der Waals surface area contributed by atoms with Crippen molar-refractivity contribution in [1.82, 2.24) is 0 Å². The summed E-state index contributed by atoms with van der Waals surface area (Å²) in [7, 11) is 0. The molecular weight excluding hydrogens is 408 g/mol. The van der Waals surface area contributed by atoms with Gasteiger partial charge in [0.15, 0.2) is 0 Å². The molecule has 1 aliphatic carbocycles. The van der Waals surface area contributed by atoms with Crippen molar-refractivity contribution in [2.24, 2.45) is 17.3 Å². The molecule has 0 saturated heterocycles. The molecule has 0 saturated carbocycles. The molecule has 0 aromatic rings. The molecule has 2 unspecified atom stereocenters. The first kappa shape index (κ1) is 19.5. The van der Waals surface area contributed by atoms with Crippen molar-refractivity contribution in [3.05, 3.63) is 23.3 Å². The Morgan fingerprint density at radius 2 is 1.77 bits per heavy atom. The predicted molar refractivity (Wildman–Crippen MR) is 89.0 cm³/mol. The quantitative estimate of drug-likeness (QED) is 0.470. The smallest absolute Gasteiger partial charge is 0.413 e. The van der Waals surface area contributed by atoms with Crippen LogP contribution in [0.15, 0.2) is 23.3 Å². The van der Waals surface area contributed by atoms with Crippen LogP contribution in [0.1, 0.15) is 41.0 Å². The summed E-state index contributed by atoms with van der Waals surface area (Å²) in [4.78, 5) is 11.3. The van der Waals surface area contributed by atoms with Gasteiger partial charge in [0.25, 0.3) is 0 Å². The zero-order chi connectivity index (χ0) is 17.5. The Bertz CT molecular complexity index is 510. The molecular formula is C16H22F3IO2. The van der Waals surface area contributed by atoms with Gasteiger partial charge in [-0.2, -0.15) is 13.2 Å². The fourth-order valence-electron chi connectivity index (χ4n) is 2.98. The number of carbonyl (C=O) groups is 1. The first-order valence-electron chi connectivity index (χ1n) is 7.09. The zero-order valence-electron chi connectivity index (χ0n) is 13.4. The van der Waals surface area contributed by atoms with Crippen molar-refractivity contribution in [2.75, 3.05) is 0 Å². The van der Waals surface area contributed by atoms with Crippen LogP contribution in [0.2, 0.25) is 0 Å². The van der Waals surface area contributed by atoms with Gasteiger partial charge in [0.1, 0.15) is 0 Å². The lowest BCUT2D eigenvalue weighted by atomic mass is 9.67. The maximum atomic E-state index is 13.3. The van der Waals surface area contributed by atoms with E-state index in [1.165, 1.54) is 0 Å². The first-order valence-corrected chi connectivity index (χ1v) is 8.17. The largest absolute Gasteiger partial charge is 0.478 e. The number of carboxylic acid groups (broad SMARTS) is 1. The Labute approximate surface area is 143 Å². The highest BCUT2D eigenvalue weighted by Crippen LogP contribution is 2.51. The monoisotopic (exact) mass is 430 g/mol. The van der Waals surface area contributed by atoms with Crippen LogP contribution in [0.25, 0.3) is 0 Å². The van der Waals surface area contributed by atoms with Crippen LogP contribution < -0.4 is 0 Å². The SMILES string of the molecule is CC(CC(C)(C)C1C(C(=O)O)=CC=C1C(F)(F)F)C(C)(C)I. The van der Waals surface area contributed by atoms with Gasteiger partial charge in [0.2, 0.25) is 0 Å². The molecule has 0 aromatic carbocycles. The van der Waals surface area contributed by atoms with Crippen molar-refractivity contribution in [1.29, 1.82) is 0 Å². The first-order chi connectivity index (χ1) is 9.68. The molecule has 0 radical (unpaired) electrons. The third kappa shape index (κ3) is 4.26. The number of alkyl halides is 4. The van der Waals surface area contributed by atoms with Crippen LogP contribution in [0, 0.1) is 17.3 Å². The van der Waals surface area contributed by atoms with Gasteiger partial charge >= 0.3 is 12.1 Å². The van der Waals surface area contributed by atoms with Gasteiger partial charge in [-0.25, -0.2) is 4.79 Å². The third-order valence-corrected chi connectivity index (χ3v) is 5.49. The number of halogens is 4. The molecule has 2 atom stereocenters. The molecule has 0 spiro atoms. The van der Waals surface area contributed by atoms with Crippen LogP contribution in [0.5, 0.6) is 0 Å². The molecule has 0 amide bonds. The summed E-state index contributed by atoms with van der Waals surface area (Å²) in [6.45, 7) is 9.48. The molecule has 0 bridgehead atoms. The van der Waals surface area contributed by atoms with E-state index in [2.05, 4.69) is 22.6 Å². The van der Waals surface area contributed by atoms with E-state index < -0.39 is 29.1 Å². The van der Waals surface area contributed by atoms with Crippen LogP contribution >= 0.6 is 22.6 Å². The third-order valence-electron chi connectivity index (χ3n) is 4.42. The van der Waals surface area contributed by atoms with Crippen LogP contribution in [-0.4, -0.2) is 20.7 Å². The van der Waals surface area contributed by atoms with Gasteiger partial charge in [-0.05, 0) is 17.8 Å². The highest BCUT2D eigenvalue weighted by molar-refractivity contribution is 14.1. The Morgan fingerprint density at radius 3 is 2.14 bits per heavy atom. The molecule has 0 heterocycles. The van der Waals surface area contributed by atoms with Crippen molar-refractivity contribution in [2.45, 2.75) is 50.6 Å². The average molecular weight is 430 g/mol. The summed E-state index contributed by atoms with van der Waals surface area (Å²) in [6.07, 6.45) is -2.00. The van der Waals surface area contributed by atoms with E-state index in [-0.39, 0.29) is 14.9 Å². The van der Waals surface area contributed by atoms with E-state index in [0.29, 0.717) is 6.42 Å². The molecule has 0 fully saturated rings. The van der Waals surface area contributed by atoms with Crippen LogP contribution in [0.4, 0.5) is 13.2 Å². The maximum Gasteiger partial charge on any atom is 0.413 e. The van der Waals surface area contributed by atoms with Gasteiger partial charge in [-0.15, -0.1) is 0 Å². The van der Waals surface area contributed by atoms with Gasteiger partial charge in [0.05, 0.1) is 0 Å². The summed E-state index contributed by atoms with van der Waals surface area (Å²) in [5.41, 5.74) is -1.73. The average Bonchev–Trinajstić information content (AvgIpc) is 2.71. The molecule has 1 N–H and O–H groups in total. The van der Waals surface area contributed by atoms with Crippen LogP contribution in [-0.2, 0) is 4.79 Å². The zero-order valence-corrected chi connectivity index (χ0v) is 15.5. The standard InChI is InChI=1S/C16H22F3IO2/c1-9(15(4,5)20)8-14(2,3)12-10(13(21)22)6-7-11(12)16(17,18)19/h6-7,9,12H,8H2,1-5H3,(H,21,22). The van der Waals surface area contributed by atoms with Crippen molar-refractivity contribution >= 4 is 28.6 Å². The predicted octanol–water partition coefficient (Wildman–Crippen LogP) is 5.38. The van der Waals surface area contributed by atoms with E-state index in [1.54, 1.807) is 13.8 Å². The van der Waals surface area contributed by atoms with Crippen molar-refractivity contribution in [3.8, 4) is 0 Å². The molecule has 22 heavy (non-hydrogen) atoms. The highest BCUT2D eigenvalue weighted by Gasteiger charge is 2.50. The van der Waals surface area contributed by atoms with Gasteiger partial charge in [0, 0.05) is 20.5 Å². The number of hydrogen-bond acceptors (Lipinski definition) is 1. The molecule has 1 aliphatic rings. The summed E-state index contributed by atoms with van der Waals surface area (Å²) >= 11 is 2.28. The Morgan fingerprint density at radius 1 is 1.27 bits per heavy atom. The van der Waals surface area contributed by atoms with Gasteiger partial charge < -0.3 is 5.11 Å². The van der Waals surface area contributed by atoms with E-state index >= 15 is 0 Å². The second-order valence-electron chi connectivity index (χ2n) is 7.14. The summed E-state index contributed by atoms with van der Waals surface area (Å²) < 4.78 is 39.7. The second-order valence-corrected chi connectivity index (χ2v) is 9.92. The molecule has 126 valence electrons. The highest BCUT2D eigenvalue weighted by atomic mass is 127. The number of aliphatic carboxylic acids is 1. The van der Waals surface area contributed by atoms with E-state index in [9.17, 15) is 23.1 Å². The Hall–Kier alpha value is -0.530. The lowest BCUT2D eigenvalue weighted by Crippen LogP contribution is -2.37. The number of carboxylic acids is 1. The number of allylic oxidation sites excluding steroid dienone is 3. The van der Waals surface area contributed by atoms with E-state index in [1.807, 2.05) is 20.8 Å². The summed E-state index contributed by atoms with van der Waals surface area (Å²) in [5, 5.41) is 9.25. The Balaban J connectivity index is 3.18. The van der Waals surface area contributed by atoms with E-state index in [0.717, 1.165) is 12.2 Å². The fourth-order valence-corrected chi connectivity index (χ4v) is 3.20. The minimum absolute atomic E-state index is 0.0805.